The van der Waals surface area contributed by atoms with Crippen molar-refractivity contribution < 1.29 is 13.9 Å². The maximum absolute atomic E-state index is 12.5. The number of nitrogens with one attached hydrogen (secondary N) is 2. The molecule has 1 aliphatic rings. The molecule has 0 atom stereocenters. The van der Waals surface area contributed by atoms with Crippen molar-refractivity contribution in [3.8, 4) is 5.75 Å². The summed E-state index contributed by atoms with van der Waals surface area (Å²) in [6, 6.07) is 7.44. The summed E-state index contributed by atoms with van der Waals surface area (Å²) in [5, 5.41) is 11.8. The summed E-state index contributed by atoms with van der Waals surface area (Å²) in [6.45, 7) is 2.41. The second kappa shape index (κ2) is 6.86. The van der Waals surface area contributed by atoms with Gasteiger partial charge in [0.25, 0.3) is 5.91 Å². The smallest absolute Gasteiger partial charge is 0.257 e. The van der Waals surface area contributed by atoms with Crippen molar-refractivity contribution in [1.29, 1.82) is 5.41 Å². The van der Waals surface area contributed by atoms with Crippen LogP contribution in [0.15, 0.2) is 28.7 Å². The van der Waals surface area contributed by atoms with Gasteiger partial charge in [0.15, 0.2) is 11.3 Å². The molecule has 0 saturated heterocycles. The number of fused-ring (bicyclic) bond motifs is 1. The standard InChI is InChI=1S/C18H22N2O3/c1-2-22-15-10-6-7-12-11-14(17(19)23-16(12)15)18(21)20-13-8-4-3-5-9-13/h6-7,10-11,13,19H,2-5,8-9H2,1H3,(H,20,21). The van der Waals surface area contributed by atoms with Gasteiger partial charge in [0, 0.05) is 11.4 Å². The fourth-order valence-corrected chi connectivity index (χ4v) is 3.08. The van der Waals surface area contributed by atoms with E-state index in [9.17, 15) is 4.79 Å². The van der Waals surface area contributed by atoms with Gasteiger partial charge in [-0.3, -0.25) is 10.2 Å². The van der Waals surface area contributed by atoms with E-state index in [0.29, 0.717) is 17.9 Å². The minimum atomic E-state index is -0.227. The molecule has 0 radical (unpaired) electrons. The molecule has 0 unspecified atom stereocenters. The Kier molecular flexibility index (Phi) is 4.65. The molecule has 1 heterocycles. The van der Waals surface area contributed by atoms with Crippen LogP contribution in [0.3, 0.4) is 0 Å². The van der Waals surface area contributed by atoms with Crippen LogP contribution in [0, 0.1) is 5.41 Å². The predicted octanol–water partition coefficient (Wildman–Crippen LogP) is 3.37. The molecule has 0 bridgehead atoms. The minimum absolute atomic E-state index is 0.127. The summed E-state index contributed by atoms with van der Waals surface area (Å²) in [7, 11) is 0. The van der Waals surface area contributed by atoms with Crippen LogP contribution in [0.1, 0.15) is 49.4 Å². The third-order valence-electron chi connectivity index (χ3n) is 4.24. The Morgan fingerprint density at radius 1 is 1.35 bits per heavy atom. The number of rotatable bonds is 4. The average Bonchev–Trinajstić information content (AvgIpc) is 2.56. The lowest BCUT2D eigenvalue weighted by Crippen LogP contribution is -2.38. The van der Waals surface area contributed by atoms with E-state index in [1.807, 2.05) is 19.1 Å². The quantitative estimate of drug-likeness (QED) is 0.908. The summed E-state index contributed by atoms with van der Waals surface area (Å²) < 4.78 is 11.1. The zero-order valence-electron chi connectivity index (χ0n) is 13.4. The first-order valence-electron chi connectivity index (χ1n) is 8.24. The monoisotopic (exact) mass is 314 g/mol. The molecule has 1 aromatic heterocycles. The molecule has 2 aromatic rings. The van der Waals surface area contributed by atoms with Gasteiger partial charge in [-0.15, -0.1) is 0 Å². The van der Waals surface area contributed by atoms with E-state index < -0.39 is 0 Å². The van der Waals surface area contributed by atoms with Crippen LogP contribution in [0.2, 0.25) is 0 Å². The Labute approximate surface area is 135 Å². The van der Waals surface area contributed by atoms with E-state index >= 15 is 0 Å². The molecule has 5 nitrogen and oxygen atoms in total. The highest BCUT2D eigenvalue weighted by Gasteiger charge is 2.19. The van der Waals surface area contributed by atoms with E-state index in [-0.39, 0.29) is 23.1 Å². The molecule has 1 aromatic carbocycles. The molecule has 122 valence electrons. The van der Waals surface area contributed by atoms with E-state index in [1.165, 1.54) is 6.42 Å². The lowest BCUT2D eigenvalue weighted by atomic mass is 9.95. The number of hydrogen-bond acceptors (Lipinski definition) is 4. The van der Waals surface area contributed by atoms with Gasteiger partial charge in [0.2, 0.25) is 5.55 Å². The Morgan fingerprint density at radius 3 is 2.87 bits per heavy atom. The summed E-state index contributed by atoms with van der Waals surface area (Å²) in [6.07, 6.45) is 5.56. The largest absolute Gasteiger partial charge is 0.490 e. The highest BCUT2D eigenvalue weighted by Crippen LogP contribution is 2.25. The van der Waals surface area contributed by atoms with Gasteiger partial charge in [0.1, 0.15) is 5.56 Å². The fourth-order valence-electron chi connectivity index (χ4n) is 3.08. The van der Waals surface area contributed by atoms with Crippen molar-refractivity contribution in [2.75, 3.05) is 6.61 Å². The molecule has 1 amide bonds. The molecular weight excluding hydrogens is 292 g/mol. The first kappa shape index (κ1) is 15.6. The lowest BCUT2D eigenvalue weighted by molar-refractivity contribution is 0.0923. The maximum Gasteiger partial charge on any atom is 0.257 e. The average molecular weight is 314 g/mol. The van der Waals surface area contributed by atoms with Crippen LogP contribution in [-0.4, -0.2) is 18.6 Å². The first-order valence-corrected chi connectivity index (χ1v) is 8.24. The van der Waals surface area contributed by atoms with E-state index in [1.54, 1.807) is 12.1 Å². The topological polar surface area (TPSA) is 75.3 Å². The van der Waals surface area contributed by atoms with Gasteiger partial charge in [0.05, 0.1) is 6.61 Å². The Bertz CT molecular complexity index is 760. The number of para-hydroxylation sites is 1. The molecule has 1 aliphatic carbocycles. The van der Waals surface area contributed by atoms with Crippen LogP contribution in [0.5, 0.6) is 5.75 Å². The minimum Gasteiger partial charge on any atom is -0.490 e. The van der Waals surface area contributed by atoms with Gasteiger partial charge in [-0.25, -0.2) is 0 Å². The van der Waals surface area contributed by atoms with E-state index in [0.717, 1.165) is 31.1 Å². The lowest BCUT2D eigenvalue weighted by Gasteiger charge is -2.22. The number of benzene rings is 1. The first-order chi connectivity index (χ1) is 11.2. The van der Waals surface area contributed by atoms with Crippen LogP contribution in [0.4, 0.5) is 0 Å². The number of carbonyl (C=O) groups excluding carboxylic acids is 1. The predicted molar refractivity (Wildman–Crippen MR) is 87.6 cm³/mol. The van der Waals surface area contributed by atoms with Crippen LogP contribution in [0.25, 0.3) is 11.0 Å². The highest BCUT2D eigenvalue weighted by molar-refractivity contribution is 5.97. The number of ether oxygens (including phenoxy) is 1. The van der Waals surface area contributed by atoms with Gasteiger partial charge in [-0.2, -0.15) is 0 Å². The van der Waals surface area contributed by atoms with Gasteiger partial charge < -0.3 is 14.5 Å². The van der Waals surface area contributed by atoms with E-state index in [2.05, 4.69) is 5.32 Å². The van der Waals surface area contributed by atoms with Crippen molar-refractivity contribution in [3.05, 3.63) is 35.4 Å². The summed E-state index contributed by atoms with van der Waals surface area (Å²) in [5.74, 6) is 0.368. The van der Waals surface area contributed by atoms with Crippen molar-refractivity contribution in [1.82, 2.24) is 5.32 Å². The summed E-state index contributed by atoms with van der Waals surface area (Å²) in [5.41, 5.74) is 0.656. The van der Waals surface area contributed by atoms with Crippen molar-refractivity contribution in [2.45, 2.75) is 45.1 Å². The molecule has 1 saturated carbocycles. The summed E-state index contributed by atoms with van der Waals surface area (Å²) >= 11 is 0. The molecule has 0 aliphatic heterocycles. The van der Waals surface area contributed by atoms with Crippen LogP contribution >= 0.6 is 0 Å². The molecule has 3 rings (SSSR count). The Hall–Kier alpha value is -2.30. The SMILES string of the molecule is CCOc1cccc2cc(C(=O)NC3CCCCC3)c(=N)oc12. The summed E-state index contributed by atoms with van der Waals surface area (Å²) in [4.78, 5) is 12.5. The van der Waals surface area contributed by atoms with E-state index in [4.69, 9.17) is 14.6 Å². The maximum atomic E-state index is 12.5. The zero-order chi connectivity index (χ0) is 16.2. The zero-order valence-corrected chi connectivity index (χ0v) is 13.4. The molecule has 5 heteroatoms. The molecular formula is C18H22N2O3. The number of hydrogen-bond donors (Lipinski definition) is 2. The third-order valence-corrected chi connectivity index (χ3v) is 4.24. The fraction of sp³-hybridized carbons (Fsp3) is 0.444. The van der Waals surface area contributed by atoms with Crippen LogP contribution in [-0.2, 0) is 0 Å². The van der Waals surface area contributed by atoms with Crippen molar-refractivity contribution in [3.63, 3.8) is 0 Å². The van der Waals surface area contributed by atoms with Crippen LogP contribution < -0.4 is 15.6 Å². The number of carbonyl (C=O) groups is 1. The van der Waals surface area contributed by atoms with Crippen molar-refractivity contribution in [2.24, 2.45) is 0 Å². The van der Waals surface area contributed by atoms with Gasteiger partial charge in [-0.1, -0.05) is 31.4 Å². The normalized spacial score (nSPS) is 15.5. The molecule has 2 N–H and O–H groups in total. The second-order valence-corrected chi connectivity index (χ2v) is 5.91. The van der Waals surface area contributed by atoms with Crippen molar-refractivity contribution >= 4 is 16.9 Å². The second-order valence-electron chi connectivity index (χ2n) is 5.91. The Balaban J connectivity index is 1.90. The molecule has 1 fully saturated rings. The van der Waals surface area contributed by atoms with Gasteiger partial charge in [-0.05, 0) is 31.9 Å². The Morgan fingerprint density at radius 2 is 2.13 bits per heavy atom. The number of amides is 1. The highest BCUT2D eigenvalue weighted by atomic mass is 16.5. The molecule has 0 spiro atoms. The van der Waals surface area contributed by atoms with Gasteiger partial charge >= 0.3 is 0 Å². The third kappa shape index (κ3) is 3.38. The molecule has 23 heavy (non-hydrogen) atoms.